The van der Waals surface area contributed by atoms with E-state index >= 15 is 0 Å². The van der Waals surface area contributed by atoms with Gasteiger partial charge in [-0.25, -0.2) is 4.98 Å². The van der Waals surface area contributed by atoms with E-state index in [1.54, 1.807) is 12.5 Å². The minimum absolute atomic E-state index is 0.0716. The number of carboxylic acid groups (broad SMARTS) is 1. The average molecular weight is 362 g/mol. The van der Waals surface area contributed by atoms with Crippen molar-refractivity contribution in [2.45, 2.75) is 19.3 Å². The SMILES string of the molecule is COc1ccc(-c2nc(CC(=O)O)cs2)c(OCCN2CCCC2)c1. The molecule has 1 N–H and O–H groups in total. The van der Waals surface area contributed by atoms with Crippen molar-refractivity contribution in [1.82, 2.24) is 9.88 Å². The number of hydrogen-bond acceptors (Lipinski definition) is 6. The molecule has 7 heteroatoms. The Hall–Kier alpha value is -2.12. The normalized spacial score (nSPS) is 14.6. The highest BCUT2D eigenvalue weighted by Gasteiger charge is 2.15. The number of rotatable bonds is 8. The van der Waals surface area contributed by atoms with Crippen LogP contribution in [0.2, 0.25) is 0 Å². The van der Waals surface area contributed by atoms with Crippen molar-refractivity contribution in [2.24, 2.45) is 0 Å². The lowest BCUT2D eigenvalue weighted by molar-refractivity contribution is -0.136. The van der Waals surface area contributed by atoms with Gasteiger partial charge in [-0.1, -0.05) is 0 Å². The number of benzene rings is 1. The van der Waals surface area contributed by atoms with Gasteiger partial charge in [0.1, 0.15) is 23.1 Å². The predicted octanol–water partition coefficient (Wildman–Crippen LogP) is 2.92. The quantitative estimate of drug-likeness (QED) is 0.778. The highest BCUT2D eigenvalue weighted by atomic mass is 32.1. The fourth-order valence-corrected chi connectivity index (χ4v) is 3.73. The first-order chi connectivity index (χ1) is 12.2. The van der Waals surface area contributed by atoms with Gasteiger partial charge in [-0.3, -0.25) is 9.69 Å². The van der Waals surface area contributed by atoms with Gasteiger partial charge in [0, 0.05) is 18.0 Å². The molecule has 0 unspecified atom stereocenters. The van der Waals surface area contributed by atoms with Gasteiger partial charge in [0.15, 0.2) is 0 Å². The number of thiazole rings is 1. The Morgan fingerprint density at radius 2 is 2.16 bits per heavy atom. The minimum atomic E-state index is -0.881. The molecule has 6 nitrogen and oxygen atoms in total. The van der Waals surface area contributed by atoms with Gasteiger partial charge in [0.25, 0.3) is 0 Å². The molecule has 0 amide bonds. The molecular weight excluding hydrogens is 340 g/mol. The zero-order valence-electron chi connectivity index (χ0n) is 14.2. The molecule has 0 spiro atoms. The molecule has 1 aliphatic rings. The standard InChI is InChI=1S/C18H22N2O4S/c1-23-14-4-5-15(18-19-13(12-25-18)10-17(21)22)16(11-14)24-9-8-20-6-2-3-7-20/h4-5,11-12H,2-3,6-10H2,1H3,(H,21,22). The van der Waals surface area contributed by atoms with Crippen molar-refractivity contribution in [3.8, 4) is 22.1 Å². The molecule has 0 aliphatic carbocycles. The lowest BCUT2D eigenvalue weighted by Gasteiger charge is -2.16. The molecule has 1 aromatic heterocycles. The van der Waals surface area contributed by atoms with Crippen LogP contribution in [0.15, 0.2) is 23.6 Å². The van der Waals surface area contributed by atoms with Crippen molar-refractivity contribution >= 4 is 17.3 Å². The Balaban J connectivity index is 1.75. The summed E-state index contributed by atoms with van der Waals surface area (Å²) in [5.74, 6) is 0.561. The number of aromatic nitrogens is 1. The van der Waals surface area contributed by atoms with Crippen molar-refractivity contribution in [1.29, 1.82) is 0 Å². The van der Waals surface area contributed by atoms with Crippen LogP contribution in [0.3, 0.4) is 0 Å². The molecule has 0 radical (unpaired) electrons. The van der Waals surface area contributed by atoms with Crippen LogP contribution in [0.5, 0.6) is 11.5 Å². The minimum Gasteiger partial charge on any atom is -0.497 e. The van der Waals surface area contributed by atoms with E-state index in [1.165, 1.54) is 24.2 Å². The van der Waals surface area contributed by atoms with Crippen LogP contribution in [0.1, 0.15) is 18.5 Å². The van der Waals surface area contributed by atoms with Crippen LogP contribution in [-0.2, 0) is 11.2 Å². The molecule has 2 heterocycles. The molecular formula is C18H22N2O4S. The second kappa shape index (κ2) is 8.31. The summed E-state index contributed by atoms with van der Waals surface area (Å²) >= 11 is 1.43. The van der Waals surface area contributed by atoms with Crippen molar-refractivity contribution in [2.75, 3.05) is 33.4 Å². The fourth-order valence-electron chi connectivity index (χ4n) is 2.88. The highest BCUT2D eigenvalue weighted by Crippen LogP contribution is 2.35. The molecule has 1 fully saturated rings. The van der Waals surface area contributed by atoms with Crippen LogP contribution >= 0.6 is 11.3 Å². The third-order valence-corrected chi connectivity index (χ3v) is 5.09. The molecule has 1 saturated heterocycles. The van der Waals surface area contributed by atoms with Gasteiger partial charge in [-0.15, -0.1) is 11.3 Å². The zero-order chi connectivity index (χ0) is 17.6. The van der Waals surface area contributed by atoms with E-state index in [9.17, 15) is 4.79 Å². The summed E-state index contributed by atoms with van der Waals surface area (Å²) in [7, 11) is 1.62. The molecule has 25 heavy (non-hydrogen) atoms. The van der Waals surface area contributed by atoms with Gasteiger partial charge in [0.05, 0.1) is 24.8 Å². The second-order valence-corrected chi connectivity index (χ2v) is 6.83. The number of ether oxygens (including phenoxy) is 2. The van der Waals surface area contributed by atoms with E-state index in [2.05, 4.69) is 9.88 Å². The van der Waals surface area contributed by atoms with Gasteiger partial charge in [-0.05, 0) is 38.1 Å². The molecule has 1 aromatic carbocycles. The van der Waals surface area contributed by atoms with Crippen molar-refractivity contribution in [3.63, 3.8) is 0 Å². The van der Waals surface area contributed by atoms with Crippen LogP contribution in [0, 0.1) is 0 Å². The van der Waals surface area contributed by atoms with Gasteiger partial charge < -0.3 is 14.6 Å². The van der Waals surface area contributed by atoms with E-state index in [4.69, 9.17) is 14.6 Å². The maximum Gasteiger partial charge on any atom is 0.309 e. The molecule has 0 bridgehead atoms. The predicted molar refractivity (Wildman–Crippen MR) is 96.6 cm³/mol. The Morgan fingerprint density at radius 3 is 2.88 bits per heavy atom. The monoisotopic (exact) mass is 362 g/mol. The summed E-state index contributed by atoms with van der Waals surface area (Å²) in [6, 6.07) is 5.63. The second-order valence-electron chi connectivity index (χ2n) is 5.97. The molecule has 1 aliphatic heterocycles. The number of carbonyl (C=O) groups is 1. The summed E-state index contributed by atoms with van der Waals surface area (Å²) in [5, 5.41) is 11.4. The molecule has 0 saturated carbocycles. The Bertz CT molecular complexity index is 726. The summed E-state index contributed by atoms with van der Waals surface area (Å²) < 4.78 is 11.3. The van der Waals surface area contributed by atoms with E-state index in [-0.39, 0.29) is 6.42 Å². The van der Waals surface area contributed by atoms with E-state index in [0.717, 1.165) is 41.7 Å². The van der Waals surface area contributed by atoms with E-state index < -0.39 is 5.97 Å². The third kappa shape index (κ3) is 4.70. The summed E-state index contributed by atoms with van der Waals surface area (Å²) in [5.41, 5.74) is 1.43. The van der Waals surface area contributed by atoms with E-state index in [0.29, 0.717) is 12.3 Å². The Kier molecular flexibility index (Phi) is 5.88. The first-order valence-corrected chi connectivity index (χ1v) is 9.23. The van der Waals surface area contributed by atoms with E-state index in [1.807, 2.05) is 18.2 Å². The number of hydrogen-bond donors (Lipinski definition) is 1. The van der Waals surface area contributed by atoms with Crippen molar-refractivity contribution < 1.29 is 19.4 Å². The Labute approximate surface area is 151 Å². The van der Waals surface area contributed by atoms with Crippen LogP contribution in [-0.4, -0.2) is 54.3 Å². The van der Waals surface area contributed by atoms with Crippen LogP contribution in [0.4, 0.5) is 0 Å². The number of methoxy groups -OCH3 is 1. The van der Waals surface area contributed by atoms with Gasteiger partial charge in [0.2, 0.25) is 0 Å². The summed E-state index contributed by atoms with van der Waals surface area (Å²) in [6.07, 6.45) is 2.45. The van der Waals surface area contributed by atoms with Crippen LogP contribution in [0.25, 0.3) is 10.6 Å². The maximum absolute atomic E-state index is 10.9. The third-order valence-electron chi connectivity index (χ3n) is 4.17. The van der Waals surface area contributed by atoms with Crippen molar-refractivity contribution in [3.05, 3.63) is 29.3 Å². The zero-order valence-corrected chi connectivity index (χ0v) is 15.1. The highest BCUT2D eigenvalue weighted by molar-refractivity contribution is 7.13. The molecule has 2 aromatic rings. The number of nitrogens with zero attached hydrogens (tertiary/aromatic N) is 2. The fraction of sp³-hybridized carbons (Fsp3) is 0.444. The molecule has 134 valence electrons. The number of aliphatic carboxylic acids is 1. The lowest BCUT2D eigenvalue weighted by Crippen LogP contribution is -2.25. The average Bonchev–Trinajstić information content (AvgIpc) is 3.26. The largest absolute Gasteiger partial charge is 0.497 e. The smallest absolute Gasteiger partial charge is 0.309 e. The van der Waals surface area contributed by atoms with Gasteiger partial charge in [-0.2, -0.15) is 0 Å². The topological polar surface area (TPSA) is 71.9 Å². The Morgan fingerprint density at radius 1 is 1.36 bits per heavy atom. The maximum atomic E-state index is 10.9. The van der Waals surface area contributed by atoms with Crippen LogP contribution < -0.4 is 9.47 Å². The number of likely N-dealkylation sites (tertiary alicyclic amines) is 1. The number of carboxylic acids is 1. The molecule has 0 atom stereocenters. The first-order valence-electron chi connectivity index (χ1n) is 8.35. The van der Waals surface area contributed by atoms with Gasteiger partial charge >= 0.3 is 5.97 Å². The lowest BCUT2D eigenvalue weighted by atomic mass is 10.2. The summed E-state index contributed by atoms with van der Waals surface area (Å²) in [4.78, 5) is 17.7. The first kappa shape index (κ1) is 17.7. The summed E-state index contributed by atoms with van der Waals surface area (Å²) in [6.45, 7) is 3.78. The molecule has 3 rings (SSSR count).